The van der Waals surface area contributed by atoms with Crippen molar-refractivity contribution in [2.75, 3.05) is 6.54 Å². The fourth-order valence-electron chi connectivity index (χ4n) is 2.91. The van der Waals surface area contributed by atoms with E-state index in [1.807, 2.05) is 12.1 Å². The molecule has 2 N–H and O–H groups in total. The van der Waals surface area contributed by atoms with Crippen molar-refractivity contribution < 1.29 is 5.11 Å². The van der Waals surface area contributed by atoms with Crippen LogP contribution in [-0.4, -0.2) is 23.3 Å². The third-order valence-electron chi connectivity index (χ3n) is 4.46. The molecule has 0 atom stereocenters. The second-order valence-corrected chi connectivity index (χ2v) is 6.32. The van der Waals surface area contributed by atoms with Crippen molar-refractivity contribution >= 4 is 11.6 Å². The van der Waals surface area contributed by atoms with Crippen molar-refractivity contribution in [2.24, 2.45) is 0 Å². The van der Waals surface area contributed by atoms with E-state index in [0.717, 1.165) is 37.3 Å². The van der Waals surface area contributed by atoms with Gasteiger partial charge in [-0.2, -0.15) is 0 Å². The highest BCUT2D eigenvalue weighted by molar-refractivity contribution is 6.30. The Bertz CT molecular complexity index is 424. The molecule has 3 heteroatoms. The highest BCUT2D eigenvalue weighted by Crippen LogP contribution is 2.38. The maximum atomic E-state index is 10.0. The standard InChI is InChI=1S/C15H20ClNO/c16-13-4-1-3-11(7-13)12-8-14(9-12)17-10-15(18)5-2-6-15/h1,3-4,7,12,14,17-18H,2,5-6,8-10H2. The fourth-order valence-corrected chi connectivity index (χ4v) is 3.11. The molecule has 2 fully saturated rings. The summed E-state index contributed by atoms with van der Waals surface area (Å²) < 4.78 is 0. The van der Waals surface area contributed by atoms with Crippen molar-refractivity contribution in [2.45, 2.75) is 49.7 Å². The van der Waals surface area contributed by atoms with Crippen LogP contribution in [0.25, 0.3) is 0 Å². The van der Waals surface area contributed by atoms with E-state index in [-0.39, 0.29) is 0 Å². The van der Waals surface area contributed by atoms with E-state index < -0.39 is 5.60 Å². The van der Waals surface area contributed by atoms with Gasteiger partial charge >= 0.3 is 0 Å². The molecule has 2 saturated carbocycles. The Morgan fingerprint density at radius 3 is 2.72 bits per heavy atom. The van der Waals surface area contributed by atoms with Gasteiger partial charge in [0.25, 0.3) is 0 Å². The molecule has 0 unspecified atom stereocenters. The largest absolute Gasteiger partial charge is 0.389 e. The Balaban J connectivity index is 1.45. The quantitative estimate of drug-likeness (QED) is 0.877. The maximum Gasteiger partial charge on any atom is 0.0771 e. The van der Waals surface area contributed by atoms with Crippen LogP contribution in [0.5, 0.6) is 0 Å². The SMILES string of the molecule is OC1(CNC2CC(c3cccc(Cl)c3)C2)CCC1. The van der Waals surface area contributed by atoms with Gasteiger partial charge in [0, 0.05) is 17.6 Å². The van der Waals surface area contributed by atoms with Crippen molar-refractivity contribution in [3.8, 4) is 0 Å². The predicted octanol–water partition coefficient (Wildman–Crippen LogP) is 3.09. The molecule has 1 aromatic rings. The zero-order chi connectivity index (χ0) is 12.6. The molecular formula is C15H20ClNO. The summed E-state index contributed by atoms with van der Waals surface area (Å²) in [4.78, 5) is 0. The smallest absolute Gasteiger partial charge is 0.0771 e. The van der Waals surface area contributed by atoms with Crippen molar-refractivity contribution in [1.29, 1.82) is 0 Å². The summed E-state index contributed by atoms with van der Waals surface area (Å²) in [7, 11) is 0. The lowest BCUT2D eigenvalue weighted by Crippen LogP contribution is -2.51. The molecule has 98 valence electrons. The van der Waals surface area contributed by atoms with Crippen LogP contribution in [0.3, 0.4) is 0 Å². The summed E-state index contributed by atoms with van der Waals surface area (Å²) in [5, 5.41) is 14.3. The highest BCUT2D eigenvalue weighted by Gasteiger charge is 2.37. The molecule has 0 spiro atoms. The molecule has 18 heavy (non-hydrogen) atoms. The molecule has 2 aliphatic rings. The van der Waals surface area contributed by atoms with Gasteiger partial charge in [0.1, 0.15) is 0 Å². The molecule has 0 aliphatic heterocycles. The van der Waals surface area contributed by atoms with Crippen LogP contribution in [0.2, 0.25) is 5.02 Å². The van der Waals surface area contributed by atoms with Crippen LogP contribution in [0.15, 0.2) is 24.3 Å². The Labute approximate surface area is 113 Å². The monoisotopic (exact) mass is 265 g/mol. The lowest BCUT2D eigenvalue weighted by atomic mass is 9.74. The van der Waals surface area contributed by atoms with E-state index in [1.54, 1.807) is 0 Å². The number of benzene rings is 1. The van der Waals surface area contributed by atoms with Gasteiger partial charge in [0.05, 0.1) is 5.60 Å². The lowest BCUT2D eigenvalue weighted by molar-refractivity contribution is -0.0354. The Morgan fingerprint density at radius 1 is 1.33 bits per heavy atom. The number of rotatable bonds is 4. The zero-order valence-corrected chi connectivity index (χ0v) is 11.3. The number of aliphatic hydroxyl groups is 1. The van der Waals surface area contributed by atoms with E-state index >= 15 is 0 Å². The zero-order valence-electron chi connectivity index (χ0n) is 10.5. The summed E-state index contributed by atoms with van der Waals surface area (Å²) in [6.45, 7) is 0.764. The molecule has 0 heterocycles. The molecule has 1 aromatic carbocycles. The Morgan fingerprint density at radius 2 is 2.11 bits per heavy atom. The topological polar surface area (TPSA) is 32.3 Å². The number of hydrogen-bond acceptors (Lipinski definition) is 2. The van der Waals surface area contributed by atoms with E-state index in [4.69, 9.17) is 11.6 Å². The number of nitrogens with one attached hydrogen (secondary N) is 1. The second-order valence-electron chi connectivity index (χ2n) is 5.88. The molecule has 3 rings (SSSR count). The molecule has 0 radical (unpaired) electrons. The van der Waals surface area contributed by atoms with Gasteiger partial charge in [-0.15, -0.1) is 0 Å². The van der Waals surface area contributed by atoms with Crippen molar-refractivity contribution in [1.82, 2.24) is 5.32 Å². The minimum Gasteiger partial charge on any atom is -0.389 e. The third-order valence-corrected chi connectivity index (χ3v) is 4.70. The van der Waals surface area contributed by atoms with Gasteiger partial charge < -0.3 is 10.4 Å². The van der Waals surface area contributed by atoms with Gasteiger partial charge in [-0.05, 0) is 55.7 Å². The first-order valence-electron chi connectivity index (χ1n) is 6.86. The van der Waals surface area contributed by atoms with E-state index in [1.165, 1.54) is 12.0 Å². The van der Waals surface area contributed by atoms with Gasteiger partial charge in [-0.25, -0.2) is 0 Å². The van der Waals surface area contributed by atoms with Gasteiger partial charge in [0.2, 0.25) is 0 Å². The summed E-state index contributed by atoms with van der Waals surface area (Å²) >= 11 is 6.01. The molecule has 0 aromatic heterocycles. The van der Waals surface area contributed by atoms with Gasteiger partial charge in [-0.3, -0.25) is 0 Å². The molecule has 2 aliphatic carbocycles. The number of halogens is 1. The molecular weight excluding hydrogens is 246 g/mol. The van der Waals surface area contributed by atoms with Crippen LogP contribution in [0.1, 0.15) is 43.6 Å². The highest BCUT2D eigenvalue weighted by atomic mass is 35.5. The molecule has 2 nitrogen and oxygen atoms in total. The summed E-state index contributed by atoms with van der Waals surface area (Å²) in [6, 6.07) is 8.74. The average Bonchev–Trinajstić information content (AvgIpc) is 2.24. The number of hydrogen-bond donors (Lipinski definition) is 2. The van der Waals surface area contributed by atoms with Crippen molar-refractivity contribution in [3.63, 3.8) is 0 Å². The van der Waals surface area contributed by atoms with E-state index in [0.29, 0.717) is 12.0 Å². The first kappa shape index (κ1) is 12.5. The van der Waals surface area contributed by atoms with Crippen LogP contribution in [-0.2, 0) is 0 Å². The van der Waals surface area contributed by atoms with Gasteiger partial charge in [0.15, 0.2) is 0 Å². The second kappa shape index (κ2) is 4.84. The summed E-state index contributed by atoms with van der Waals surface area (Å²) in [5.41, 5.74) is 0.948. The molecule has 0 amide bonds. The summed E-state index contributed by atoms with van der Waals surface area (Å²) in [6.07, 6.45) is 5.43. The van der Waals surface area contributed by atoms with Crippen LogP contribution < -0.4 is 5.32 Å². The van der Waals surface area contributed by atoms with Crippen LogP contribution in [0.4, 0.5) is 0 Å². The van der Waals surface area contributed by atoms with Crippen LogP contribution >= 0.6 is 11.6 Å². The molecule has 0 bridgehead atoms. The average molecular weight is 266 g/mol. The molecule has 0 saturated heterocycles. The van der Waals surface area contributed by atoms with Crippen molar-refractivity contribution in [3.05, 3.63) is 34.9 Å². The predicted molar refractivity (Wildman–Crippen MR) is 74.0 cm³/mol. The van der Waals surface area contributed by atoms with Crippen LogP contribution in [0, 0.1) is 0 Å². The Hall–Kier alpha value is -0.570. The first-order valence-corrected chi connectivity index (χ1v) is 7.24. The van der Waals surface area contributed by atoms with E-state index in [9.17, 15) is 5.11 Å². The minimum absolute atomic E-state index is 0.402. The normalized spacial score (nSPS) is 29.4. The third kappa shape index (κ3) is 2.56. The van der Waals surface area contributed by atoms with E-state index in [2.05, 4.69) is 17.4 Å². The maximum absolute atomic E-state index is 10.0. The fraction of sp³-hybridized carbons (Fsp3) is 0.600. The lowest BCUT2D eigenvalue weighted by Gasteiger charge is -2.42. The summed E-state index contributed by atoms with van der Waals surface area (Å²) in [5.74, 6) is 0.636. The minimum atomic E-state index is -0.402. The Kier molecular flexibility index (Phi) is 3.35. The first-order chi connectivity index (χ1) is 8.65. The van der Waals surface area contributed by atoms with Gasteiger partial charge in [-0.1, -0.05) is 23.7 Å².